The third-order valence-corrected chi connectivity index (χ3v) is 3.35. The Hall–Kier alpha value is -1.10. The van der Waals surface area contributed by atoms with E-state index in [0.717, 1.165) is 25.1 Å². The van der Waals surface area contributed by atoms with E-state index in [-0.39, 0.29) is 0 Å². The molecule has 0 aliphatic carbocycles. The van der Waals surface area contributed by atoms with Gasteiger partial charge < -0.3 is 15.6 Å². The van der Waals surface area contributed by atoms with Gasteiger partial charge in [0.1, 0.15) is 0 Å². The lowest BCUT2D eigenvalue weighted by molar-refractivity contribution is 0.0900. The van der Waals surface area contributed by atoms with Crippen LogP contribution in [-0.4, -0.2) is 42.9 Å². The number of aliphatic hydroxyl groups is 1. The first kappa shape index (κ1) is 12.4. The maximum absolute atomic E-state index is 10.2. The lowest BCUT2D eigenvalue weighted by Gasteiger charge is -2.21. The molecule has 0 amide bonds. The molecule has 94 valence electrons. The Morgan fingerprint density at radius 1 is 1.53 bits per heavy atom. The van der Waals surface area contributed by atoms with Crippen molar-refractivity contribution in [2.24, 2.45) is 0 Å². The summed E-state index contributed by atoms with van der Waals surface area (Å²) in [5.41, 5.74) is 7.31. The first-order valence-electron chi connectivity index (χ1n) is 5.98. The van der Waals surface area contributed by atoms with Gasteiger partial charge in [0.2, 0.25) is 0 Å². The van der Waals surface area contributed by atoms with Gasteiger partial charge >= 0.3 is 0 Å². The minimum atomic E-state index is -0.521. The Kier molecular flexibility index (Phi) is 3.99. The van der Waals surface area contributed by atoms with Crippen LogP contribution in [0, 0.1) is 0 Å². The molecule has 4 heteroatoms. The second-order valence-electron chi connectivity index (χ2n) is 4.55. The summed E-state index contributed by atoms with van der Waals surface area (Å²) >= 11 is 0. The van der Waals surface area contributed by atoms with Gasteiger partial charge in [-0.25, -0.2) is 0 Å². The third kappa shape index (κ3) is 2.97. The molecule has 1 saturated heterocycles. The zero-order valence-electron chi connectivity index (χ0n) is 10.2. The predicted molar refractivity (Wildman–Crippen MR) is 67.7 cm³/mol. The largest absolute Gasteiger partial charge is 0.398 e. The summed E-state index contributed by atoms with van der Waals surface area (Å²) in [6.45, 7) is 2.48. The van der Waals surface area contributed by atoms with Crippen LogP contribution < -0.4 is 5.73 Å². The molecule has 1 heterocycles. The Balaban J connectivity index is 1.94. The number of likely N-dealkylation sites (tertiary alicyclic amines) is 1. The zero-order valence-corrected chi connectivity index (χ0v) is 10.2. The van der Waals surface area contributed by atoms with Gasteiger partial charge in [0.05, 0.1) is 12.2 Å². The number of nitrogen functional groups attached to an aromatic ring is 1. The van der Waals surface area contributed by atoms with Crippen LogP contribution in [-0.2, 0) is 4.74 Å². The van der Waals surface area contributed by atoms with Crippen LogP contribution in [0.4, 0.5) is 5.69 Å². The molecular weight excluding hydrogens is 216 g/mol. The minimum Gasteiger partial charge on any atom is -0.398 e. The molecule has 4 nitrogen and oxygen atoms in total. The number of nitrogens with two attached hydrogens (primary N) is 1. The number of anilines is 1. The summed E-state index contributed by atoms with van der Waals surface area (Å²) in [5, 5.41) is 10.2. The lowest BCUT2D eigenvalue weighted by atomic mass is 10.1. The molecule has 1 aliphatic heterocycles. The number of rotatable bonds is 4. The summed E-state index contributed by atoms with van der Waals surface area (Å²) in [5.74, 6) is 0. The van der Waals surface area contributed by atoms with Gasteiger partial charge in [-0.15, -0.1) is 0 Å². The number of ether oxygens (including phenoxy) is 1. The van der Waals surface area contributed by atoms with Crippen molar-refractivity contribution in [2.45, 2.75) is 18.6 Å². The maximum atomic E-state index is 10.2. The van der Waals surface area contributed by atoms with Crippen molar-refractivity contribution in [3.05, 3.63) is 29.8 Å². The standard InChI is InChI=1S/C13H20N2O2/c1-17-10-6-7-15(8-10)9-13(16)11-4-2-3-5-12(11)14/h2-5,10,13,16H,6-9,14H2,1H3. The van der Waals surface area contributed by atoms with E-state index >= 15 is 0 Å². The number of hydrogen-bond donors (Lipinski definition) is 2. The van der Waals surface area contributed by atoms with Crippen LogP contribution >= 0.6 is 0 Å². The summed E-state index contributed by atoms with van der Waals surface area (Å²) < 4.78 is 5.30. The van der Waals surface area contributed by atoms with E-state index < -0.39 is 6.10 Å². The number of hydrogen-bond acceptors (Lipinski definition) is 4. The second-order valence-corrected chi connectivity index (χ2v) is 4.55. The van der Waals surface area contributed by atoms with E-state index in [9.17, 15) is 5.11 Å². The summed E-state index contributed by atoms with van der Waals surface area (Å²) in [7, 11) is 1.74. The summed E-state index contributed by atoms with van der Waals surface area (Å²) in [4.78, 5) is 2.21. The van der Waals surface area contributed by atoms with Gasteiger partial charge in [0, 0.05) is 38.0 Å². The van der Waals surface area contributed by atoms with Crippen molar-refractivity contribution in [3.63, 3.8) is 0 Å². The van der Waals surface area contributed by atoms with Crippen LogP contribution in [0.15, 0.2) is 24.3 Å². The van der Waals surface area contributed by atoms with Crippen LogP contribution in [0.1, 0.15) is 18.1 Å². The highest BCUT2D eigenvalue weighted by molar-refractivity contribution is 5.47. The van der Waals surface area contributed by atoms with Crippen molar-refractivity contribution in [1.82, 2.24) is 4.90 Å². The number of aliphatic hydroxyl groups excluding tert-OH is 1. The van der Waals surface area contributed by atoms with Gasteiger partial charge in [0.15, 0.2) is 0 Å². The van der Waals surface area contributed by atoms with E-state index in [1.165, 1.54) is 0 Å². The number of β-amino-alcohol motifs (C(OH)–C–C–N with tert-alkyl or cyclic N) is 1. The smallest absolute Gasteiger partial charge is 0.0936 e. The average molecular weight is 236 g/mol. The van der Waals surface area contributed by atoms with E-state index in [2.05, 4.69) is 4.90 Å². The predicted octanol–water partition coefficient (Wildman–Crippen LogP) is 1.02. The molecule has 2 atom stereocenters. The second kappa shape index (κ2) is 5.49. The molecule has 0 aromatic heterocycles. The quantitative estimate of drug-likeness (QED) is 0.766. The van der Waals surface area contributed by atoms with E-state index in [1.54, 1.807) is 7.11 Å². The maximum Gasteiger partial charge on any atom is 0.0936 e. The third-order valence-electron chi connectivity index (χ3n) is 3.35. The Morgan fingerprint density at radius 3 is 2.94 bits per heavy atom. The van der Waals surface area contributed by atoms with Crippen molar-refractivity contribution < 1.29 is 9.84 Å². The number of methoxy groups -OCH3 is 1. The SMILES string of the molecule is COC1CCN(CC(O)c2ccccc2N)C1. The van der Waals surface area contributed by atoms with Gasteiger partial charge in [-0.05, 0) is 12.5 Å². The molecule has 0 spiro atoms. The fourth-order valence-electron chi connectivity index (χ4n) is 2.31. The summed E-state index contributed by atoms with van der Waals surface area (Å²) in [6.07, 6.45) is 0.815. The van der Waals surface area contributed by atoms with Crippen molar-refractivity contribution in [3.8, 4) is 0 Å². The highest BCUT2D eigenvalue weighted by atomic mass is 16.5. The topological polar surface area (TPSA) is 58.7 Å². The van der Waals surface area contributed by atoms with Crippen LogP contribution in [0.3, 0.4) is 0 Å². The number of nitrogens with zero attached hydrogens (tertiary/aromatic N) is 1. The molecule has 1 fully saturated rings. The van der Waals surface area contributed by atoms with Crippen molar-refractivity contribution >= 4 is 5.69 Å². The molecule has 1 aliphatic rings. The fraction of sp³-hybridized carbons (Fsp3) is 0.538. The number of para-hydroxylation sites is 1. The fourth-order valence-corrected chi connectivity index (χ4v) is 2.31. The minimum absolute atomic E-state index is 0.301. The van der Waals surface area contributed by atoms with Gasteiger partial charge in [-0.2, -0.15) is 0 Å². The van der Waals surface area contributed by atoms with Crippen LogP contribution in [0.5, 0.6) is 0 Å². The number of benzene rings is 1. The molecule has 1 aromatic rings. The Morgan fingerprint density at radius 2 is 2.29 bits per heavy atom. The first-order chi connectivity index (χ1) is 8.20. The van der Waals surface area contributed by atoms with Crippen molar-refractivity contribution in [1.29, 1.82) is 0 Å². The molecule has 2 rings (SSSR count). The molecule has 3 N–H and O–H groups in total. The van der Waals surface area contributed by atoms with E-state index in [4.69, 9.17) is 10.5 Å². The molecule has 1 aromatic carbocycles. The summed E-state index contributed by atoms with van der Waals surface area (Å²) in [6, 6.07) is 7.48. The van der Waals surface area contributed by atoms with Crippen molar-refractivity contribution in [2.75, 3.05) is 32.5 Å². The molecule has 2 unspecified atom stereocenters. The first-order valence-corrected chi connectivity index (χ1v) is 5.98. The van der Waals surface area contributed by atoms with Crippen LogP contribution in [0.2, 0.25) is 0 Å². The monoisotopic (exact) mass is 236 g/mol. The van der Waals surface area contributed by atoms with E-state index in [0.29, 0.717) is 18.3 Å². The average Bonchev–Trinajstić information content (AvgIpc) is 2.77. The highest BCUT2D eigenvalue weighted by Crippen LogP contribution is 2.22. The van der Waals surface area contributed by atoms with Crippen LogP contribution in [0.25, 0.3) is 0 Å². The lowest BCUT2D eigenvalue weighted by Crippen LogP contribution is -2.28. The zero-order chi connectivity index (χ0) is 12.3. The highest BCUT2D eigenvalue weighted by Gasteiger charge is 2.24. The van der Waals surface area contributed by atoms with Gasteiger partial charge in [-0.3, -0.25) is 4.90 Å². The molecule has 17 heavy (non-hydrogen) atoms. The molecule has 0 bridgehead atoms. The molecular formula is C13H20N2O2. The Labute approximate surface area is 102 Å². The van der Waals surface area contributed by atoms with Gasteiger partial charge in [-0.1, -0.05) is 18.2 Å². The van der Waals surface area contributed by atoms with E-state index in [1.807, 2.05) is 24.3 Å². The van der Waals surface area contributed by atoms with Gasteiger partial charge in [0.25, 0.3) is 0 Å². The Bertz CT molecular complexity index is 370. The molecule has 0 saturated carbocycles. The molecule has 0 radical (unpaired) electrons. The normalized spacial score (nSPS) is 22.8.